The second kappa shape index (κ2) is 12.1. The van der Waals surface area contributed by atoms with E-state index >= 15 is 4.39 Å². The molecule has 0 aliphatic rings. The van der Waals surface area contributed by atoms with Crippen molar-refractivity contribution in [2.75, 3.05) is 17.3 Å². The van der Waals surface area contributed by atoms with Crippen LogP contribution in [0.4, 0.5) is 23.2 Å². The number of amides is 1. The Bertz CT molecular complexity index is 1390. The highest BCUT2D eigenvalue weighted by Crippen LogP contribution is 2.29. The monoisotopic (exact) mass is 567 g/mol. The highest BCUT2D eigenvalue weighted by atomic mass is 32.2. The number of alkyl halides is 3. The van der Waals surface area contributed by atoms with Gasteiger partial charge in [-0.25, -0.2) is 12.8 Å². The Morgan fingerprint density at radius 1 is 1.08 bits per heavy atom. The van der Waals surface area contributed by atoms with Gasteiger partial charge in [0.25, 0.3) is 5.91 Å². The number of hydrogen-bond acceptors (Lipinski definition) is 6. The maximum atomic E-state index is 15.2. The van der Waals surface area contributed by atoms with Gasteiger partial charge in [-0.1, -0.05) is 19.1 Å². The van der Waals surface area contributed by atoms with Gasteiger partial charge in [-0.05, 0) is 61.9 Å². The number of aliphatic hydroxyl groups is 1. The fourth-order valence-corrected chi connectivity index (χ4v) is 4.72. The quantitative estimate of drug-likeness (QED) is 0.338. The number of carbonyl (C=O) groups is 1. The second-order valence-corrected chi connectivity index (χ2v) is 11.4. The minimum absolute atomic E-state index is 0.0174. The molecule has 1 unspecified atom stereocenters. The van der Waals surface area contributed by atoms with Gasteiger partial charge >= 0.3 is 6.18 Å². The van der Waals surface area contributed by atoms with Crippen molar-refractivity contribution in [3.05, 3.63) is 89.0 Å². The number of nitrogens with one attached hydrogen (secondary N) is 1. The highest BCUT2D eigenvalue weighted by Gasteiger charge is 2.31. The molecule has 0 fully saturated rings. The lowest BCUT2D eigenvalue weighted by Gasteiger charge is -2.29. The third-order valence-electron chi connectivity index (χ3n) is 6.14. The van der Waals surface area contributed by atoms with Crippen LogP contribution in [0.5, 0.6) is 0 Å². The summed E-state index contributed by atoms with van der Waals surface area (Å²) in [6.07, 6.45) is -3.79. The van der Waals surface area contributed by atoms with Crippen molar-refractivity contribution in [3.63, 3.8) is 0 Å². The van der Waals surface area contributed by atoms with E-state index in [1.165, 1.54) is 49.4 Å². The van der Waals surface area contributed by atoms with Crippen molar-refractivity contribution in [2.45, 2.75) is 50.5 Å². The third-order valence-corrected chi connectivity index (χ3v) is 7.89. The minimum atomic E-state index is -4.51. The van der Waals surface area contributed by atoms with Gasteiger partial charge in [0.15, 0.2) is 9.84 Å². The van der Waals surface area contributed by atoms with Gasteiger partial charge < -0.3 is 15.3 Å². The predicted molar refractivity (Wildman–Crippen MR) is 138 cm³/mol. The maximum Gasteiger partial charge on any atom is 0.417 e. The van der Waals surface area contributed by atoms with E-state index in [2.05, 4.69) is 10.3 Å². The Morgan fingerprint density at radius 2 is 1.74 bits per heavy atom. The second-order valence-electron chi connectivity index (χ2n) is 9.10. The fraction of sp³-hybridized carbons (Fsp3) is 0.333. The summed E-state index contributed by atoms with van der Waals surface area (Å²) in [5.74, 6) is -1.45. The number of hydrogen-bond donors (Lipinski definition) is 2. The van der Waals surface area contributed by atoms with Gasteiger partial charge in [0.2, 0.25) is 0 Å². The average Bonchev–Trinajstić information content (AvgIpc) is 2.90. The standard InChI is InChI=1S/C27H29F4N3O4S/c1-4-39(37,38)22-10-5-18(6-11-22)24(16-35)33-26(36)19-7-12-25(23(28)13-19)34(17(2)3)15-21-9-8-20(14-32-21)27(29,30)31/h5-14,17,24,35H,4,15-16H2,1-3H3,(H,33,36). The maximum absolute atomic E-state index is 15.2. The lowest BCUT2D eigenvalue weighted by Crippen LogP contribution is -2.32. The normalized spacial score (nSPS) is 12.8. The molecule has 0 bridgehead atoms. The lowest BCUT2D eigenvalue weighted by atomic mass is 10.1. The molecule has 12 heteroatoms. The summed E-state index contributed by atoms with van der Waals surface area (Å²) < 4.78 is 77.7. The zero-order chi connectivity index (χ0) is 29.0. The number of anilines is 1. The number of rotatable bonds is 10. The average molecular weight is 568 g/mol. The number of aromatic nitrogens is 1. The van der Waals surface area contributed by atoms with E-state index in [1.54, 1.807) is 18.7 Å². The van der Waals surface area contributed by atoms with E-state index in [0.29, 0.717) is 11.3 Å². The van der Waals surface area contributed by atoms with Crippen LogP contribution in [-0.4, -0.2) is 42.8 Å². The first kappa shape index (κ1) is 30.0. The van der Waals surface area contributed by atoms with Gasteiger partial charge in [0.1, 0.15) is 5.82 Å². The Hall–Kier alpha value is -3.51. The summed E-state index contributed by atoms with van der Waals surface area (Å²) in [4.78, 5) is 18.4. The Labute approximate surface area is 224 Å². The molecule has 39 heavy (non-hydrogen) atoms. The number of carbonyl (C=O) groups excluding carboxylic acids is 1. The van der Waals surface area contributed by atoms with Crippen molar-refractivity contribution in [2.24, 2.45) is 0 Å². The van der Waals surface area contributed by atoms with Crippen molar-refractivity contribution < 1.29 is 35.9 Å². The molecular formula is C27H29F4N3O4S. The van der Waals surface area contributed by atoms with Gasteiger partial charge in [-0.2, -0.15) is 13.2 Å². The molecule has 0 radical (unpaired) electrons. The molecule has 0 saturated carbocycles. The summed E-state index contributed by atoms with van der Waals surface area (Å²) >= 11 is 0. The molecule has 3 rings (SSSR count). The van der Waals surface area contributed by atoms with Crippen LogP contribution in [0, 0.1) is 5.82 Å². The predicted octanol–water partition coefficient (Wildman–Crippen LogP) is 4.91. The Morgan fingerprint density at radius 3 is 2.23 bits per heavy atom. The van der Waals surface area contributed by atoms with Gasteiger partial charge in [0.05, 0.1) is 46.8 Å². The summed E-state index contributed by atoms with van der Waals surface area (Å²) in [7, 11) is -3.41. The molecule has 0 aliphatic heterocycles. The molecule has 1 atom stereocenters. The number of nitrogens with zero attached hydrogens (tertiary/aromatic N) is 2. The Balaban J connectivity index is 1.77. The zero-order valence-corrected chi connectivity index (χ0v) is 22.4. The molecule has 7 nitrogen and oxygen atoms in total. The van der Waals surface area contributed by atoms with Crippen molar-refractivity contribution in [1.82, 2.24) is 10.3 Å². The fourth-order valence-electron chi connectivity index (χ4n) is 3.84. The highest BCUT2D eigenvalue weighted by molar-refractivity contribution is 7.91. The number of pyridine rings is 1. The molecule has 3 aromatic rings. The number of sulfone groups is 1. The molecule has 0 aliphatic carbocycles. The first-order valence-electron chi connectivity index (χ1n) is 12.1. The van der Waals surface area contributed by atoms with Crippen LogP contribution in [0.1, 0.15) is 54.0 Å². The summed E-state index contributed by atoms with van der Waals surface area (Å²) in [6.45, 7) is 4.65. The van der Waals surface area contributed by atoms with Crippen LogP contribution >= 0.6 is 0 Å². The molecule has 0 saturated heterocycles. The molecule has 1 aromatic heterocycles. The topological polar surface area (TPSA) is 99.6 Å². The van der Waals surface area contributed by atoms with Crippen LogP contribution in [0.15, 0.2) is 65.7 Å². The van der Waals surface area contributed by atoms with E-state index in [-0.39, 0.29) is 34.5 Å². The van der Waals surface area contributed by atoms with E-state index in [1.807, 2.05) is 0 Å². The SMILES string of the molecule is CCS(=O)(=O)c1ccc(C(CO)NC(=O)c2ccc(N(Cc3ccc(C(F)(F)F)cn3)C(C)C)c(F)c2)cc1. The van der Waals surface area contributed by atoms with Gasteiger partial charge in [0, 0.05) is 17.8 Å². The number of aliphatic hydroxyl groups excluding tert-OH is 1. The molecule has 0 spiro atoms. The lowest BCUT2D eigenvalue weighted by molar-refractivity contribution is -0.137. The third kappa shape index (κ3) is 7.33. The molecule has 210 valence electrons. The van der Waals surface area contributed by atoms with Crippen LogP contribution in [-0.2, 0) is 22.6 Å². The molecule has 2 aromatic carbocycles. The van der Waals surface area contributed by atoms with E-state index < -0.39 is 46.0 Å². The summed E-state index contributed by atoms with van der Waals surface area (Å²) in [6, 6.07) is 10.6. The minimum Gasteiger partial charge on any atom is -0.394 e. The van der Waals surface area contributed by atoms with E-state index in [4.69, 9.17) is 0 Å². The summed E-state index contributed by atoms with van der Waals surface area (Å²) in [5, 5.41) is 12.4. The van der Waals surface area contributed by atoms with Crippen molar-refractivity contribution in [1.29, 1.82) is 0 Å². The number of halogens is 4. The van der Waals surface area contributed by atoms with Crippen LogP contribution in [0.2, 0.25) is 0 Å². The zero-order valence-electron chi connectivity index (χ0n) is 21.5. The van der Waals surface area contributed by atoms with Crippen LogP contribution in [0.25, 0.3) is 0 Å². The van der Waals surface area contributed by atoms with Crippen LogP contribution < -0.4 is 10.2 Å². The molecule has 2 N–H and O–H groups in total. The van der Waals surface area contributed by atoms with Crippen LogP contribution in [0.3, 0.4) is 0 Å². The van der Waals surface area contributed by atoms with E-state index in [9.17, 15) is 31.5 Å². The summed E-state index contributed by atoms with van der Waals surface area (Å²) in [5.41, 5.74) is 0.00687. The molecule has 1 heterocycles. The number of benzene rings is 2. The first-order valence-corrected chi connectivity index (χ1v) is 13.7. The molecular weight excluding hydrogens is 538 g/mol. The largest absolute Gasteiger partial charge is 0.417 e. The smallest absolute Gasteiger partial charge is 0.394 e. The van der Waals surface area contributed by atoms with E-state index in [0.717, 1.165) is 18.3 Å². The van der Waals surface area contributed by atoms with Gasteiger partial charge in [-0.15, -0.1) is 0 Å². The molecule has 1 amide bonds. The first-order chi connectivity index (χ1) is 18.3. The van der Waals surface area contributed by atoms with Crippen molar-refractivity contribution >= 4 is 21.4 Å². The van der Waals surface area contributed by atoms with Gasteiger partial charge in [-0.3, -0.25) is 9.78 Å². The Kier molecular flexibility index (Phi) is 9.34. The van der Waals surface area contributed by atoms with Crippen molar-refractivity contribution in [3.8, 4) is 0 Å².